The Morgan fingerprint density at radius 1 is 1.58 bits per heavy atom. The summed E-state index contributed by atoms with van der Waals surface area (Å²) in [7, 11) is 1.41. The molecule has 68 valence electrons. The van der Waals surface area contributed by atoms with Crippen LogP contribution in [0, 0.1) is 5.92 Å². The van der Waals surface area contributed by atoms with Crippen molar-refractivity contribution in [2.24, 2.45) is 5.92 Å². The van der Waals surface area contributed by atoms with Crippen LogP contribution in [0.4, 0.5) is 0 Å². The van der Waals surface area contributed by atoms with Crippen LogP contribution < -0.4 is 0 Å². The van der Waals surface area contributed by atoms with Gasteiger partial charge in [0.15, 0.2) is 5.76 Å². The summed E-state index contributed by atoms with van der Waals surface area (Å²) < 4.78 is 9.41. The van der Waals surface area contributed by atoms with Crippen molar-refractivity contribution in [2.75, 3.05) is 7.11 Å². The molecule has 12 heavy (non-hydrogen) atoms. The Balaban J connectivity index is 3.01. The number of rotatable bonds is 2. The van der Waals surface area contributed by atoms with Gasteiger partial charge >= 0.3 is 5.97 Å². The molecule has 1 atom stereocenters. The Labute approximate surface area is 70.8 Å². The minimum atomic E-state index is -1.22. The van der Waals surface area contributed by atoms with E-state index in [1.165, 1.54) is 7.11 Å². The van der Waals surface area contributed by atoms with Crippen LogP contribution in [-0.4, -0.2) is 24.5 Å². The third kappa shape index (κ3) is 1.30. The summed E-state index contributed by atoms with van der Waals surface area (Å²) in [6.07, 6.45) is -1.22. The zero-order chi connectivity index (χ0) is 9.30. The smallest absolute Gasteiger partial charge is 0.340 e. The van der Waals surface area contributed by atoms with Gasteiger partial charge in [0.25, 0.3) is 6.29 Å². The lowest BCUT2D eigenvalue weighted by atomic mass is 10.0. The highest BCUT2D eigenvalue weighted by Gasteiger charge is 2.35. The predicted molar refractivity (Wildman–Crippen MR) is 41.0 cm³/mol. The zero-order valence-corrected chi connectivity index (χ0v) is 7.33. The lowest BCUT2D eigenvalue weighted by molar-refractivity contribution is -0.154. The molecule has 0 spiro atoms. The average molecular weight is 172 g/mol. The van der Waals surface area contributed by atoms with Crippen molar-refractivity contribution in [2.45, 2.75) is 20.1 Å². The fraction of sp³-hybridized carbons (Fsp3) is 0.625. The van der Waals surface area contributed by atoms with Crippen LogP contribution in [-0.2, 0) is 14.3 Å². The first-order chi connectivity index (χ1) is 5.57. The van der Waals surface area contributed by atoms with Crippen molar-refractivity contribution >= 4 is 5.97 Å². The summed E-state index contributed by atoms with van der Waals surface area (Å²) in [5.74, 6) is -0.256. The van der Waals surface area contributed by atoms with Gasteiger partial charge in [-0.1, -0.05) is 13.8 Å². The van der Waals surface area contributed by atoms with Crippen LogP contribution in [0.2, 0.25) is 0 Å². The van der Waals surface area contributed by atoms with E-state index in [1.54, 1.807) is 0 Å². The molecule has 1 heterocycles. The molecule has 0 aromatic heterocycles. The normalized spacial score (nSPS) is 23.4. The molecule has 0 saturated heterocycles. The lowest BCUT2D eigenvalue weighted by Gasteiger charge is -2.06. The van der Waals surface area contributed by atoms with E-state index in [0.29, 0.717) is 5.57 Å². The van der Waals surface area contributed by atoms with Gasteiger partial charge in [-0.25, -0.2) is 4.79 Å². The Morgan fingerprint density at radius 2 is 2.17 bits per heavy atom. The van der Waals surface area contributed by atoms with Crippen molar-refractivity contribution < 1.29 is 19.4 Å². The van der Waals surface area contributed by atoms with Gasteiger partial charge in [-0.2, -0.15) is 0 Å². The van der Waals surface area contributed by atoms with Gasteiger partial charge in [0.1, 0.15) is 0 Å². The number of ether oxygens (including phenoxy) is 2. The van der Waals surface area contributed by atoms with Crippen molar-refractivity contribution in [1.82, 2.24) is 0 Å². The van der Waals surface area contributed by atoms with Gasteiger partial charge in [-0.3, -0.25) is 0 Å². The summed E-state index contributed by atoms with van der Waals surface area (Å²) in [4.78, 5) is 11.1. The van der Waals surface area contributed by atoms with Crippen molar-refractivity contribution in [1.29, 1.82) is 0 Å². The molecule has 0 radical (unpaired) electrons. The Hall–Kier alpha value is -1.03. The van der Waals surface area contributed by atoms with Gasteiger partial charge in [0.05, 0.1) is 12.7 Å². The van der Waals surface area contributed by atoms with Crippen molar-refractivity contribution in [3.05, 3.63) is 11.3 Å². The fourth-order valence-electron chi connectivity index (χ4n) is 1.18. The molecule has 1 aliphatic rings. The van der Waals surface area contributed by atoms with E-state index in [-0.39, 0.29) is 11.7 Å². The van der Waals surface area contributed by atoms with Crippen LogP contribution in [0.5, 0.6) is 0 Å². The topological polar surface area (TPSA) is 55.8 Å². The molecule has 0 bridgehead atoms. The third-order valence-corrected chi connectivity index (χ3v) is 1.73. The first-order valence-electron chi connectivity index (χ1n) is 3.75. The van der Waals surface area contributed by atoms with Gasteiger partial charge in [0, 0.05) is 0 Å². The third-order valence-electron chi connectivity index (χ3n) is 1.73. The minimum absolute atomic E-state index is 0.00426. The molecule has 4 heteroatoms. The maximum atomic E-state index is 11.1. The molecule has 1 rings (SSSR count). The molecule has 0 amide bonds. The molecule has 4 nitrogen and oxygen atoms in total. The predicted octanol–water partition coefficient (Wildman–Crippen LogP) is 0.418. The number of carbonyl (C=O) groups is 1. The second kappa shape index (κ2) is 3.15. The average Bonchev–Trinajstić information content (AvgIpc) is 2.24. The summed E-state index contributed by atoms with van der Waals surface area (Å²) in [6.45, 7) is 3.68. The largest absolute Gasteiger partial charge is 0.494 e. The maximum absolute atomic E-state index is 11.1. The molecule has 0 saturated carbocycles. The number of methoxy groups -OCH3 is 1. The van der Waals surface area contributed by atoms with Gasteiger partial charge in [0.2, 0.25) is 0 Å². The molecular formula is C8H12O4. The number of hydrogen-bond donors (Lipinski definition) is 1. The monoisotopic (exact) mass is 172 g/mol. The fourth-order valence-corrected chi connectivity index (χ4v) is 1.18. The van der Waals surface area contributed by atoms with E-state index in [2.05, 4.69) is 4.74 Å². The first kappa shape index (κ1) is 9.06. The molecular weight excluding hydrogens is 160 g/mol. The van der Waals surface area contributed by atoms with E-state index in [9.17, 15) is 4.79 Å². The summed E-state index contributed by atoms with van der Waals surface area (Å²) in [6, 6.07) is 0. The zero-order valence-electron chi connectivity index (χ0n) is 7.33. The van der Waals surface area contributed by atoms with E-state index in [4.69, 9.17) is 9.84 Å². The van der Waals surface area contributed by atoms with E-state index in [0.717, 1.165) is 0 Å². The molecule has 1 aliphatic heterocycles. The summed E-state index contributed by atoms with van der Waals surface area (Å²) in [5.41, 5.74) is 0.421. The lowest BCUT2D eigenvalue weighted by Crippen LogP contribution is -2.10. The number of aliphatic hydroxyl groups excluding tert-OH is 1. The Bertz CT molecular complexity index is 229. The number of esters is 1. The number of cyclic esters (lactones) is 1. The second-order valence-corrected chi connectivity index (χ2v) is 2.89. The van der Waals surface area contributed by atoms with E-state index < -0.39 is 12.3 Å². The molecule has 0 aromatic carbocycles. The summed E-state index contributed by atoms with van der Waals surface area (Å²) >= 11 is 0. The first-order valence-corrected chi connectivity index (χ1v) is 3.75. The van der Waals surface area contributed by atoms with Crippen molar-refractivity contribution in [3.8, 4) is 0 Å². The molecule has 0 aliphatic carbocycles. The Morgan fingerprint density at radius 3 is 2.50 bits per heavy atom. The van der Waals surface area contributed by atoms with Crippen LogP contribution in [0.15, 0.2) is 11.3 Å². The van der Waals surface area contributed by atoms with Gasteiger partial charge in [-0.15, -0.1) is 0 Å². The van der Waals surface area contributed by atoms with Crippen LogP contribution in [0.1, 0.15) is 13.8 Å². The molecule has 1 unspecified atom stereocenters. The van der Waals surface area contributed by atoms with Gasteiger partial charge < -0.3 is 14.6 Å². The highest BCUT2D eigenvalue weighted by molar-refractivity contribution is 5.91. The maximum Gasteiger partial charge on any atom is 0.340 e. The van der Waals surface area contributed by atoms with Crippen LogP contribution in [0.25, 0.3) is 0 Å². The van der Waals surface area contributed by atoms with Crippen LogP contribution in [0.3, 0.4) is 0 Å². The van der Waals surface area contributed by atoms with E-state index in [1.807, 2.05) is 13.8 Å². The standard InChI is InChI=1S/C8H12O4/c1-4(2)5-6(11-3)8(10)12-7(5)9/h4,8,10H,1-3H3. The highest BCUT2D eigenvalue weighted by Crippen LogP contribution is 2.26. The number of aliphatic hydroxyl groups is 1. The van der Waals surface area contributed by atoms with Crippen LogP contribution >= 0.6 is 0 Å². The number of carbonyl (C=O) groups excluding carboxylic acids is 1. The minimum Gasteiger partial charge on any atom is -0.494 e. The number of hydrogen-bond acceptors (Lipinski definition) is 4. The van der Waals surface area contributed by atoms with Gasteiger partial charge in [-0.05, 0) is 5.92 Å². The van der Waals surface area contributed by atoms with Crippen molar-refractivity contribution in [3.63, 3.8) is 0 Å². The quantitative estimate of drug-likeness (QED) is 0.613. The SMILES string of the molecule is COC1=C(C(C)C)C(=O)OC1O. The molecule has 0 fully saturated rings. The summed E-state index contributed by atoms with van der Waals surface area (Å²) in [5, 5.41) is 9.15. The molecule has 1 N–H and O–H groups in total. The second-order valence-electron chi connectivity index (χ2n) is 2.89. The Kier molecular flexibility index (Phi) is 2.38. The highest BCUT2D eigenvalue weighted by atomic mass is 16.7. The molecule has 0 aromatic rings. The van der Waals surface area contributed by atoms with E-state index >= 15 is 0 Å².